The number of hydrogen-bond donors (Lipinski definition) is 0. The maximum atomic E-state index is 11.3. The van der Waals surface area contributed by atoms with Crippen molar-refractivity contribution >= 4 is 11.6 Å². The molecule has 1 amide bonds. The van der Waals surface area contributed by atoms with E-state index in [0.29, 0.717) is 6.42 Å². The average molecular weight is 191 g/mol. The number of anilines is 1. The number of amides is 1. The Hall–Kier alpha value is -1.31. The highest BCUT2D eigenvalue weighted by molar-refractivity contribution is 6.00. The van der Waals surface area contributed by atoms with Crippen LogP contribution in [0.5, 0.6) is 0 Å². The first-order valence-corrected chi connectivity index (χ1v) is 5.04. The first kappa shape index (κ1) is 10.8. The lowest BCUT2D eigenvalue weighted by Crippen LogP contribution is -2.20. The molecule has 2 nitrogen and oxygen atoms in total. The fraction of sp³-hybridized carbons (Fsp3) is 0.417. The predicted octanol–water partition coefficient (Wildman–Crippen LogP) is 2.54. The second-order valence-corrected chi connectivity index (χ2v) is 3.26. The fourth-order valence-electron chi connectivity index (χ4n) is 1.55. The van der Waals surface area contributed by atoms with E-state index in [1.165, 1.54) is 5.56 Å². The summed E-state index contributed by atoms with van der Waals surface area (Å²) in [5.74, 6) is 0.190. The molecule has 0 aromatic heterocycles. The zero-order valence-electron chi connectivity index (χ0n) is 9.29. The van der Waals surface area contributed by atoms with Crippen molar-refractivity contribution in [1.82, 2.24) is 0 Å². The maximum Gasteiger partial charge on any atom is 0.231 e. The normalized spacial score (nSPS) is 13.4. The molecule has 0 saturated carbocycles. The van der Waals surface area contributed by atoms with Gasteiger partial charge in [0.15, 0.2) is 0 Å². The topological polar surface area (TPSA) is 20.3 Å². The lowest BCUT2D eigenvalue weighted by molar-refractivity contribution is -0.117. The van der Waals surface area contributed by atoms with E-state index in [2.05, 4.69) is 6.07 Å². The smallest absolute Gasteiger partial charge is 0.231 e. The van der Waals surface area contributed by atoms with Gasteiger partial charge in [-0.3, -0.25) is 4.79 Å². The highest BCUT2D eigenvalue weighted by atomic mass is 16.2. The van der Waals surface area contributed by atoms with Crippen molar-refractivity contribution in [3.8, 4) is 0 Å². The van der Waals surface area contributed by atoms with Gasteiger partial charge in [-0.2, -0.15) is 0 Å². The van der Waals surface area contributed by atoms with Crippen LogP contribution in [0.2, 0.25) is 0 Å². The molecule has 2 heteroatoms. The van der Waals surface area contributed by atoms with Gasteiger partial charge in [0.2, 0.25) is 5.91 Å². The molecular formula is C12H17NO. The molecule has 0 N–H and O–H groups in total. The maximum absolute atomic E-state index is 11.3. The number of hydrogen-bond acceptors (Lipinski definition) is 1. The molecular weight excluding hydrogens is 174 g/mol. The minimum Gasteiger partial charge on any atom is -0.315 e. The molecule has 0 saturated heterocycles. The summed E-state index contributed by atoms with van der Waals surface area (Å²) in [6.45, 7) is 6.04. The van der Waals surface area contributed by atoms with Gasteiger partial charge in [-0.05, 0) is 24.1 Å². The molecule has 1 aliphatic heterocycles. The summed E-state index contributed by atoms with van der Waals surface area (Å²) in [5.41, 5.74) is 3.42. The van der Waals surface area contributed by atoms with Gasteiger partial charge < -0.3 is 4.90 Å². The van der Waals surface area contributed by atoms with Crippen molar-refractivity contribution < 1.29 is 4.79 Å². The van der Waals surface area contributed by atoms with Crippen molar-refractivity contribution in [3.63, 3.8) is 0 Å². The van der Waals surface area contributed by atoms with Gasteiger partial charge in [0.1, 0.15) is 0 Å². The van der Waals surface area contributed by atoms with Crippen molar-refractivity contribution in [2.24, 2.45) is 0 Å². The summed E-state index contributed by atoms with van der Waals surface area (Å²) in [4.78, 5) is 13.0. The minimum atomic E-state index is 0.190. The van der Waals surface area contributed by atoms with Gasteiger partial charge in [0.05, 0.1) is 6.42 Å². The van der Waals surface area contributed by atoms with Gasteiger partial charge in [-0.25, -0.2) is 0 Å². The van der Waals surface area contributed by atoms with Crippen LogP contribution in [-0.4, -0.2) is 13.0 Å². The lowest BCUT2D eigenvalue weighted by atomic mass is 10.1. The van der Waals surface area contributed by atoms with Crippen LogP contribution in [0.15, 0.2) is 18.2 Å². The molecule has 1 aromatic carbocycles. The molecule has 0 radical (unpaired) electrons. The number of likely N-dealkylation sites (N-methyl/N-ethyl adjacent to an activating group) is 1. The Kier molecular flexibility index (Phi) is 3.28. The van der Waals surface area contributed by atoms with E-state index in [9.17, 15) is 4.79 Å². The molecule has 0 unspecified atom stereocenters. The standard InChI is InChI=1S/C10H11NO.C2H6/c1-7-3-4-8-6-10(12)11(2)9(8)5-7;1-2/h3-5H,6H2,1-2H3;1-2H3. The van der Waals surface area contributed by atoms with E-state index >= 15 is 0 Å². The molecule has 2 rings (SSSR count). The first-order chi connectivity index (χ1) is 6.68. The highest BCUT2D eigenvalue weighted by Gasteiger charge is 2.23. The van der Waals surface area contributed by atoms with Gasteiger partial charge in [-0.1, -0.05) is 26.0 Å². The van der Waals surface area contributed by atoms with Gasteiger partial charge in [0.25, 0.3) is 0 Å². The summed E-state index contributed by atoms with van der Waals surface area (Å²) in [6.07, 6.45) is 0.562. The third-order valence-electron chi connectivity index (χ3n) is 2.32. The van der Waals surface area contributed by atoms with E-state index < -0.39 is 0 Å². The second kappa shape index (κ2) is 4.27. The van der Waals surface area contributed by atoms with Crippen LogP contribution >= 0.6 is 0 Å². The molecule has 14 heavy (non-hydrogen) atoms. The number of nitrogens with zero attached hydrogens (tertiary/aromatic N) is 1. The Labute approximate surface area is 85.5 Å². The third kappa shape index (κ3) is 1.79. The van der Waals surface area contributed by atoms with Crippen molar-refractivity contribution in [2.45, 2.75) is 27.2 Å². The summed E-state index contributed by atoms with van der Waals surface area (Å²) < 4.78 is 0. The largest absolute Gasteiger partial charge is 0.315 e. The number of carbonyl (C=O) groups is 1. The van der Waals surface area contributed by atoms with Gasteiger partial charge in [-0.15, -0.1) is 0 Å². The zero-order valence-corrected chi connectivity index (χ0v) is 9.29. The molecule has 0 fully saturated rings. The molecule has 0 bridgehead atoms. The van der Waals surface area contributed by atoms with Crippen LogP contribution in [0.25, 0.3) is 0 Å². The number of aryl methyl sites for hydroxylation is 1. The van der Waals surface area contributed by atoms with Crippen LogP contribution in [0.3, 0.4) is 0 Å². The van der Waals surface area contributed by atoms with E-state index in [1.54, 1.807) is 4.90 Å². The van der Waals surface area contributed by atoms with Crippen LogP contribution in [0, 0.1) is 6.92 Å². The zero-order chi connectivity index (χ0) is 10.7. The van der Waals surface area contributed by atoms with Crippen LogP contribution in [0.1, 0.15) is 25.0 Å². The third-order valence-corrected chi connectivity index (χ3v) is 2.32. The van der Waals surface area contributed by atoms with E-state index in [0.717, 1.165) is 11.3 Å². The molecule has 0 aliphatic carbocycles. The van der Waals surface area contributed by atoms with Gasteiger partial charge in [0, 0.05) is 12.7 Å². The molecule has 76 valence electrons. The SMILES string of the molecule is CC.Cc1ccc2c(c1)N(C)C(=O)C2. The fourth-order valence-corrected chi connectivity index (χ4v) is 1.55. The van der Waals surface area contributed by atoms with E-state index in [-0.39, 0.29) is 5.91 Å². The Morgan fingerprint density at radius 3 is 2.57 bits per heavy atom. The van der Waals surface area contributed by atoms with Crippen LogP contribution in [0.4, 0.5) is 5.69 Å². The monoisotopic (exact) mass is 191 g/mol. The Morgan fingerprint density at radius 2 is 1.93 bits per heavy atom. The Morgan fingerprint density at radius 1 is 1.29 bits per heavy atom. The van der Waals surface area contributed by atoms with Crippen molar-refractivity contribution in [3.05, 3.63) is 29.3 Å². The molecule has 0 spiro atoms. The van der Waals surface area contributed by atoms with Crippen molar-refractivity contribution in [2.75, 3.05) is 11.9 Å². The van der Waals surface area contributed by atoms with Crippen LogP contribution in [-0.2, 0) is 11.2 Å². The lowest BCUT2D eigenvalue weighted by Gasteiger charge is -2.09. The predicted molar refractivity (Wildman–Crippen MR) is 59.6 cm³/mol. The van der Waals surface area contributed by atoms with Crippen molar-refractivity contribution in [1.29, 1.82) is 0 Å². The summed E-state index contributed by atoms with van der Waals surface area (Å²) >= 11 is 0. The number of benzene rings is 1. The first-order valence-electron chi connectivity index (χ1n) is 5.04. The molecule has 0 atom stereocenters. The minimum absolute atomic E-state index is 0.190. The van der Waals surface area contributed by atoms with E-state index in [1.807, 2.05) is 40.0 Å². The number of carbonyl (C=O) groups excluding carboxylic acids is 1. The van der Waals surface area contributed by atoms with Gasteiger partial charge >= 0.3 is 0 Å². The van der Waals surface area contributed by atoms with Crippen LogP contribution < -0.4 is 4.90 Å². The highest BCUT2D eigenvalue weighted by Crippen LogP contribution is 2.27. The Bertz CT molecular complexity index is 344. The number of rotatable bonds is 0. The summed E-state index contributed by atoms with van der Waals surface area (Å²) in [6, 6.07) is 6.14. The van der Waals surface area contributed by atoms with E-state index in [4.69, 9.17) is 0 Å². The Balaban J connectivity index is 0.000000461. The average Bonchev–Trinajstić information content (AvgIpc) is 2.48. The quantitative estimate of drug-likeness (QED) is 0.617. The second-order valence-electron chi connectivity index (χ2n) is 3.26. The summed E-state index contributed by atoms with van der Waals surface area (Å²) in [5, 5.41) is 0. The molecule has 1 heterocycles. The molecule has 1 aliphatic rings. The number of fused-ring (bicyclic) bond motifs is 1. The summed E-state index contributed by atoms with van der Waals surface area (Å²) in [7, 11) is 1.83. The molecule has 1 aromatic rings.